The molecule has 0 saturated carbocycles. The monoisotopic (exact) mass is 518 g/mol. The van der Waals surface area contributed by atoms with Crippen LogP contribution in [-0.4, -0.2) is 36.3 Å². The van der Waals surface area contributed by atoms with E-state index in [4.69, 9.17) is 14.2 Å². The molecule has 168 valence electrons. The van der Waals surface area contributed by atoms with Crippen LogP contribution in [0, 0.1) is 0 Å². The van der Waals surface area contributed by atoms with Crippen LogP contribution in [0.2, 0.25) is 0 Å². The van der Waals surface area contributed by atoms with Crippen LogP contribution >= 0.6 is 27.7 Å². The van der Waals surface area contributed by atoms with Crippen LogP contribution in [-0.2, 0) is 9.59 Å². The molecule has 0 aliphatic heterocycles. The molecular weight excluding hydrogens is 496 g/mol. The fourth-order valence-electron chi connectivity index (χ4n) is 2.59. The smallest absolute Gasteiger partial charge is 0.324 e. The van der Waals surface area contributed by atoms with Gasteiger partial charge in [0.25, 0.3) is 0 Å². The molecule has 0 aromatic heterocycles. The zero-order chi connectivity index (χ0) is 23.7. The predicted molar refractivity (Wildman–Crippen MR) is 130 cm³/mol. The Balaban J connectivity index is 2.36. The van der Waals surface area contributed by atoms with E-state index in [1.807, 2.05) is 24.3 Å². The van der Waals surface area contributed by atoms with Crippen LogP contribution < -0.4 is 14.2 Å². The van der Waals surface area contributed by atoms with E-state index in [-0.39, 0.29) is 22.2 Å². The molecule has 0 saturated heterocycles. The number of ether oxygens (including phenoxy) is 3. The molecular formula is C24H23BrO6S. The van der Waals surface area contributed by atoms with Gasteiger partial charge in [-0.3, -0.25) is 14.4 Å². The lowest BCUT2D eigenvalue weighted by Gasteiger charge is -2.15. The van der Waals surface area contributed by atoms with E-state index in [1.54, 1.807) is 26.0 Å². The van der Waals surface area contributed by atoms with Crippen molar-refractivity contribution in [1.82, 2.24) is 0 Å². The second-order valence-corrected chi connectivity index (χ2v) is 8.71. The van der Waals surface area contributed by atoms with Crippen molar-refractivity contribution < 1.29 is 28.6 Å². The van der Waals surface area contributed by atoms with Gasteiger partial charge in [-0.2, -0.15) is 0 Å². The summed E-state index contributed by atoms with van der Waals surface area (Å²) < 4.78 is 17.0. The predicted octanol–water partition coefficient (Wildman–Crippen LogP) is 5.49. The highest BCUT2D eigenvalue weighted by Crippen LogP contribution is 2.35. The van der Waals surface area contributed by atoms with Crippen molar-refractivity contribution in [1.29, 1.82) is 0 Å². The van der Waals surface area contributed by atoms with Crippen molar-refractivity contribution in [2.24, 2.45) is 0 Å². The number of allylic oxidation sites excluding steroid dienone is 2. The lowest BCUT2D eigenvalue weighted by atomic mass is 10.1. The van der Waals surface area contributed by atoms with E-state index in [0.29, 0.717) is 5.75 Å². The molecule has 0 spiro atoms. The number of ketones is 1. The molecule has 2 aromatic rings. The van der Waals surface area contributed by atoms with E-state index in [2.05, 4.69) is 15.9 Å². The molecule has 0 radical (unpaired) electrons. The molecule has 2 aromatic carbocycles. The van der Waals surface area contributed by atoms with Gasteiger partial charge in [-0.1, -0.05) is 52.0 Å². The van der Waals surface area contributed by atoms with E-state index in [0.717, 1.165) is 21.8 Å². The van der Waals surface area contributed by atoms with Gasteiger partial charge in [0.05, 0.1) is 14.2 Å². The van der Waals surface area contributed by atoms with E-state index in [1.165, 1.54) is 38.5 Å². The Hall–Kier alpha value is -2.84. The Morgan fingerprint density at radius 2 is 1.66 bits per heavy atom. The highest BCUT2D eigenvalue weighted by Gasteiger charge is 2.24. The number of halogens is 1. The summed E-state index contributed by atoms with van der Waals surface area (Å²) in [5.41, 5.74) is 0.895. The van der Waals surface area contributed by atoms with Crippen LogP contribution in [0.15, 0.2) is 59.1 Å². The Kier molecular flexibility index (Phi) is 9.74. The first-order valence-electron chi connectivity index (χ1n) is 9.58. The second-order valence-electron chi connectivity index (χ2n) is 6.45. The Morgan fingerprint density at radius 3 is 2.25 bits per heavy atom. The molecule has 1 atom stereocenters. The second kappa shape index (κ2) is 12.3. The first kappa shape index (κ1) is 25.4. The molecule has 8 heteroatoms. The van der Waals surface area contributed by atoms with Crippen LogP contribution in [0.3, 0.4) is 0 Å². The van der Waals surface area contributed by atoms with Gasteiger partial charge >= 0.3 is 5.97 Å². The van der Waals surface area contributed by atoms with Gasteiger partial charge in [-0.15, -0.1) is 0 Å². The normalized spacial score (nSPS) is 12.0. The molecule has 0 aliphatic carbocycles. The summed E-state index contributed by atoms with van der Waals surface area (Å²) in [6, 6.07) is 10.4. The molecule has 0 fully saturated rings. The number of benzene rings is 2. The maximum Gasteiger partial charge on any atom is 0.324 e. The zero-order valence-corrected chi connectivity index (χ0v) is 20.5. The van der Waals surface area contributed by atoms with E-state index < -0.39 is 17.0 Å². The third-order valence-corrected chi connectivity index (χ3v) is 5.62. The fraction of sp³-hybridized carbons (Fsp3) is 0.208. The third kappa shape index (κ3) is 7.10. The van der Waals surface area contributed by atoms with E-state index >= 15 is 0 Å². The molecule has 0 heterocycles. The summed E-state index contributed by atoms with van der Waals surface area (Å²) in [4.78, 5) is 37.4. The lowest BCUT2D eigenvalue weighted by Crippen LogP contribution is -2.22. The maximum atomic E-state index is 13.0. The number of hydrogen-bond donors (Lipinski definition) is 0. The number of carbonyl (C=O) groups is 3. The zero-order valence-electron chi connectivity index (χ0n) is 18.1. The van der Waals surface area contributed by atoms with Gasteiger partial charge in [0, 0.05) is 16.6 Å². The van der Waals surface area contributed by atoms with Crippen LogP contribution in [0.4, 0.5) is 0 Å². The third-order valence-electron chi connectivity index (χ3n) is 4.18. The summed E-state index contributed by atoms with van der Waals surface area (Å²) in [7, 11) is 2.85. The lowest BCUT2D eigenvalue weighted by molar-refractivity contribution is -0.133. The van der Waals surface area contributed by atoms with Crippen molar-refractivity contribution in [3.8, 4) is 17.2 Å². The molecule has 1 unspecified atom stereocenters. The summed E-state index contributed by atoms with van der Waals surface area (Å²) >= 11 is 4.20. The molecule has 0 amide bonds. The summed E-state index contributed by atoms with van der Waals surface area (Å²) in [5.74, 6) is -0.552. The van der Waals surface area contributed by atoms with Crippen LogP contribution in [0.5, 0.6) is 17.2 Å². The number of carbonyl (C=O) groups excluding carboxylic acids is 3. The maximum absolute atomic E-state index is 13.0. The number of rotatable bonds is 9. The average Bonchev–Trinajstić information content (AvgIpc) is 2.77. The summed E-state index contributed by atoms with van der Waals surface area (Å²) in [6.45, 7) is 3.27. The minimum Gasteiger partial charge on any atom is -0.496 e. The van der Waals surface area contributed by atoms with Gasteiger partial charge in [-0.05, 0) is 43.7 Å². The minimum absolute atomic E-state index is 0.0115. The molecule has 6 nitrogen and oxygen atoms in total. The van der Waals surface area contributed by atoms with Crippen molar-refractivity contribution in [3.05, 3.63) is 70.2 Å². The standard InChI is InChI=1S/C24H23BrO6S/c1-5-6-22(27)32-15(2)24(28)31-21-14-18(29-3)13-20(30-4)23(21)19(26)12-9-16-7-10-17(25)11-8-16/h5-15H,1-4H3/b6-5+,12-9+. The highest BCUT2D eigenvalue weighted by molar-refractivity contribution is 9.10. The Morgan fingerprint density at radius 1 is 1.00 bits per heavy atom. The molecule has 2 rings (SSSR count). The Bertz CT molecular complexity index is 1040. The van der Waals surface area contributed by atoms with Crippen LogP contribution in [0.25, 0.3) is 6.08 Å². The molecule has 0 bridgehead atoms. The molecule has 0 N–H and O–H groups in total. The van der Waals surface area contributed by atoms with Crippen molar-refractivity contribution in [3.63, 3.8) is 0 Å². The van der Waals surface area contributed by atoms with Gasteiger partial charge in [0.2, 0.25) is 5.12 Å². The number of methoxy groups -OCH3 is 2. The number of hydrogen-bond acceptors (Lipinski definition) is 7. The molecule has 32 heavy (non-hydrogen) atoms. The first-order chi connectivity index (χ1) is 15.3. The minimum atomic E-state index is -0.780. The first-order valence-corrected chi connectivity index (χ1v) is 11.2. The van der Waals surface area contributed by atoms with E-state index in [9.17, 15) is 14.4 Å². The largest absolute Gasteiger partial charge is 0.496 e. The van der Waals surface area contributed by atoms with Crippen molar-refractivity contribution in [2.75, 3.05) is 14.2 Å². The Labute approximate surface area is 199 Å². The summed E-state index contributed by atoms with van der Waals surface area (Å²) in [5, 5.41) is -1.05. The average molecular weight is 519 g/mol. The molecule has 0 aliphatic rings. The summed E-state index contributed by atoms with van der Waals surface area (Å²) in [6.07, 6.45) is 5.98. The van der Waals surface area contributed by atoms with Crippen molar-refractivity contribution >= 4 is 50.6 Å². The van der Waals surface area contributed by atoms with Crippen LogP contribution in [0.1, 0.15) is 29.8 Å². The highest BCUT2D eigenvalue weighted by atomic mass is 79.9. The van der Waals surface area contributed by atoms with Gasteiger partial charge in [0.15, 0.2) is 5.78 Å². The topological polar surface area (TPSA) is 78.9 Å². The fourth-order valence-corrected chi connectivity index (χ4v) is 3.56. The van der Waals surface area contributed by atoms with Gasteiger partial charge < -0.3 is 14.2 Å². The van der Waals surface area contributed by atoms with Gasteiger partial charge in [0.1, 0.15) is 28.1 Å². The SMILES string of the molecule is C/C=C/C(=O)SC(C)C(=O)Oc1cc(OC)cc(OC)c1C(=O)/C=C/c1ccc(Br)cc1. The quantitative estimate of drug-likeness (QED) is 0.188. The van der Waals surface area contributed by atoms with Gasteiger partial charge in [-0.25, -0.2) is 0 Å². The number of esters is 1. The number of thioether (sulfide) groups is 1. The van der Waals surface area contributed by atoms with Crippen molar-refractivity contribution in [2.45, 2.75) is 19.1 Å².